The summed E-state index contributed by atoms with van der Waals surface area (Å²) in [5, 5.41) is 2.97. The van der Waals surface area contributed by atoms with Crippen molar-refractivity contribution in [2.75, 3.05) is 19.6 Å². The highest BCUT2D eigenvalue weighted by Crippen LogP contribution is 2.18. The van der Waals surface area contributed by atoms with Crippen molar-refractivity contribution >= 4 is 22.8 Å². The number of nitrogens with zero attached hydrogens (tertiary/aromatic N) is 3. The fourth-order valence-corrected chi connectivity index (χ4v) is 4.19. The molecule has 0 bridgehead atoms. The molecule has 0 radical (unpaired) electrons. The molecule has 0 spiro atoms. The fourth-order valence-electron chi connectivity index (χ4n) is 4.19. The van der Waals surface area contributed by atoms with Gasteiger partial charge in [-0.1, -0.05) is 43.2 Å². The summed E-state index contributed by atoms with van der Waals surface area (Å²) in [6.45, 7) is 2.60. The molecule has 2 heterocycles. The molecule has 0 unspecified atom stereocenters. The minimum atomic E-state index is -0.0644. The number of carbonyl (C=O) groups excluding carboxylic acids is 2. The number of likely N-dealkylation sites (tertiary alicyclic amines) is 1. The highest BCUT2D eigenvalue weighted by atomic mass is 16.2. The second kappa shape index (κ2) is 10.2. The molecule has 1 N–H and O–H groups in total. The lowest BCUT2D eigenvalue weighted by Crippen LogP contribution is -2.35. The molecule has 1 saturated heterocycles. The first kappa shape index (κ1) is 21.1. The van der Waals surface area contributed by atoms with Crippen molar-refractivity contribution in [3.05, 3.63) is 66.0 Å². The smallest absolute Gasteiger partial charge is 0.251 e. The van der Waals surface area contributed by atoms with Gasteiger partial charge >= 0.3 is 0 Å². The Morgan fingerprint density at radius 3 is 2.39 bits per heavy atom. The number of rotatable bonds is 7. The summed E-state index contributed by atoms with van der Waals surface area (Å²) in [7, 11) is 0. The standard InChI is InChI=1S/C25H30N4O2/c30-24(28-17-8-1-2-9-18-28)19-29-22-14-7-6-13-21(22)27-23(29)15-10-16-26-25(31)20-11-4-3-5-12-20/h3-7,11-14H,1-2,8-10,15-19H2,(H,26,31). The lowest BCUT2D eigenvalue weighted by Gasteiger charge is -2.21. The van der Waals surface area contributed by atoms with Gasteiger partial charge in [0.25, 0.3) is 5.91 Å². The van der Waals surface area contributed by atoms with Crippen LogP contribution in [0.5, 0.6) is 0 Å². The minimum Gasteiger partial charge on any atom is -0.352 e. The first-order chi connectivity index (χ1) is 15.2. The molecule has 6 nitrogen and oxygen atoms in total. The highest BCUT2D eigenvalue weighted by molar-refractivity contribution is 5.94. The van der Waals surface area contributed by atoms with Crippen LogP contribution >= 0.6 is 0 Å². The van der Waals surface area contributed by atoms with Gasteiger partial charge in [0.05, 0.1) is 11.0 Å². The van der Waals surface area contributed by atoms with Gasteiger partial charge in [-0.25, -0.2) is 4.98 Å². The summed E-state index contributed by atoms with van der Waals surface area (Å²) in [5.41, 5.74) is 2.57. The molecule has 0 saturated carbocycles. The van der Waals surface area contributed by atoms with Crippen LogP contribution in [0.1, 0.15) is 48.3 Å². The molecule has 2 amide bonds. The van der Waals surface area contributed by atoms with Gasteiger partial charge in [0.2, 0.25) is 5.91 Å². The lowest BCUT2D eigenvalue weighted by atomic mass is 10.2. The molecular formula is C25H30N4O2. The van der Waals surface area contributed by atoms with Gasteiger partial charge in [0.1, 0.15) is 12.4 Å². The third-order valence-corrected chi connectivity index (χ3v) is 5.88. The van der Waals surface area contributed by atoms with Crippen LogP contribution in [0.2, 0.25) is 0 Å². The van der Waals surface area contributed by atoms with Gasteiger partial charge in [-0.15, -0.1) is 0 Å². The molecule has 1 fully saturated rings. The molecule has 162 valence electrons. The van der Waals surface area contributed by atoms with Crippen LogP contribution in [0.3, 0.4) is 0 Å². The molecule has 3 aromatic rings. The van der Waals surface area contributed by atoms with E-state index in [0.717, 1.165) is 49.2 Å². The number of nitrogens with one attached hydrogen (secondary N) is 1. The van der Waals surface area contributed by atoms with E-state index in [1.54, 1.807) is 0 Å². The van der Waals surface area contributed by atoms with Crippen molar-refractivity contribution < 1.29 is 9.59 Å². The molecule has 2 aromatic carbocycles. The van der Waals surface area contributed by atoms with Gasteiger partial charge in [0, 0.05) is 31.6 Å². The van der Waals surface area contributed by atoms with Crippen molar-refractivity contribution in [1.29, 1.82) is 0 Å². The summed E-state index contributed by atoms with van der Waals surface area (Å²) >= 11 is 0. The van der Waals surface area contributed by atoms with E-state index in [1.165, 1.54) is 12.8 Å². The van der Waals surface area contributed by atoms with E-state index in [0.29, 0.717) is 25.1 Å². The van der Waals surface area contributed by atoms with Gasteiger partial charge in [-0.3, -0.25) is 9.59 Å². The largest absolute Gasteiger partial charge is 0.352 e. The zero-order chi connectivity index (χ0) is 21.5. The molecule has 0 aliphatic carbocycles. The maximum absolute atomic E-state index is 13.0. The summed E-state index contributed by atoms with van der Waals surface area (Å²) in [4.78, 5) is 32.0. The molecule has 4 rings (SSSR count). The first-order valence-corrected chi connectivity index (χ1v) is 11.3. The van der Waals surface area contributed by atoms with E-state index >= 15 is 0 Å². The molecule has 1 aliphatic heterocycles. The van der Waals surface area contributed by atoms with E-state index in [4.69, 9.17) is 4.98 Å². The quantitative estimate of drug-likeness (QED) is 0.594. The zero-order valence-electron chi connectivity index (χ0n) is 17.9. The SMILES string of the molecule is O=C(NCCCc1nc2ccccc2n1CC(=O)N1CCCCCC1)c1ccccc1. The second-order valence-corrected chi connectivity index (χ2v) is 8.12. The van der Waals surface area contributed by atoms with Gasteiger partial charge in [-0.05, 0) is 43.5 Å². The van der Waals surface area contributed by atoms with E-state index in [-0.39, 0.29) is 11.8 Å². The Bertz CT molecular complexity index is 1020. The molecule has 1 aliphatic rings. The Labute approximate surface area is 183 Å². The van der Waals surface area contributed by atoms with E-state index in [2.05, 4.69) is 9.88 Å². The Balaban J connectivity index is 1.41. The van der Waals surface area contributed by atoms with Crippen LogP contribution in [0.15, 0.2) is 54.6 Å². The van der Waals surface area contributed by atoms with Crippen molar-refractivity contribution in [3.8, 4) is 0 Å². The molecular weight excluding hydrogens is 388 g/mol. The third-order valence-electron chi connectivity index (χ3n) is 5.88. The average Bonchev–Trinajstić information content (AvgIpc) is 2.96. The number of benzene rings is 2. The van der Waals surface area contributed by atoms with Crippen LogP contribution < -0.4 is 5.32 Å². The van der Waals surface area contributed by atoms with Gasteiger partial charge in [-0.2, -0.15) is 0 Å². The van der Waals surface area contributed by atoms with Crippen LogP contribution in [0.4, 0.5) is 0 Å². The Morgan fingerprint density at radius 1 is 0.903 bits per heavy atom. The number of hydrogen-bond acceptors (Lipinski definition) is 3. The van der Waals surface area contributed by atoms with Crippen LogP contribution in [-0.4, -0.2) is 45.9 Å². The second-order valence-electron chi connectivity index (χ2n) is 8.12. The Hall–Kier alpha value is -3.15. The normalized spacial score (nSPS) is 14.4. The van der Waals surface area contributed by atoms with E-state index in [1.807, 2.05) is 59.5 Å². The van der Waals surface area contributed by atoms with Crippen LogP contribution in [-0.2, 0) is 17.8 Å². The molecule has 6 heteroatoms. The number of para-hydroxylation sites is 2. The first-order valence-electron chi connectivity index (χ1n) is 11.3. The van der Waals surface area contributed by atoms with Crippen molar-refractivity contribution in [1.82, 2.24) is 19.8 Å². The average molecular weight is 419 g/mol. The lowest BCUT2D eigenvalue weighted by molar-refractivity contribution is -0.131. The van der Waals surface area contributed by atoms with Crippen molar-refractivity contribution in [3.63, 3.8) is 0 Å². The zero-order valence-corrected chi connectivity index (χ0v) is 17.9. The number of amides is 2. The topological polar surface area (TPSA) is 67.2 Å². The number of aryl methyl sites for hydroxylation is 1. The van der Waals surface area contributed by atoms with Crippen LogP contribution in [0, 0.1) is 0 Å². The summed E-state index contributed by atoms with van der Waals surface area (Å²) in [5.74, 6) is 1.01. The third kappa shape index (κ3) is 5.32. The number of hydrogen-bond donors (Lipinski definition) is 1. The molecule has 0 atom stereocenters. The van der Waals surface area contributed by atoms with Gasteiger partial charge in [0.15, 0.2) is 0 Å². The van der Waals surface area contributed by atoms with E-state index < -0.39 is 0 Å². The summed E-state index contributed by atoms with van der Waals surface area (Å²) in [6.07, 6.45) is 6.06. The Kier molecular flexibility index (Phi) is 6.97. The predicted molar refractivity (Wildman–Crippen MR) is 122 cm³/mol. The fraction of sp³-hybridized carbons (Fsp3) is 0.400. The van der Waals surface area contributed by atoms with E-state index in [9.17, 15) is 9.59 Å². The van der Waals surface area contributed by atoms with Crippen molar-refractivity contribution in [2.24, 2.45) is 0 Å². The summed E-state index contributed by atoms with van der Waals surface area (Å²) in [6, 6.07) is 17.2. The summed E-state index contributed by atoms with van der Waals surface area (Å²) < 4.78 is 2.06. The van der Waals surface area contributed by atoms with Gasteiger partial charge < -0.3 is 14.8 Å². The monoisotopic (exact) mass is 418 g/mol. The maximum Gasteiger partial charge on any atom is 0.251 e. The highest BCUT2D eigenvalue weighted by Gasteiger charge is 2.19. The minimum absolute atomic E-state index is 0.0644. The number of carbonyl (C=O) groups is 2. The molecule has 31 heavy (non-hydrogen) atoms. The Morgan fingerprint density at radius 2 is 1.61 bits per heavy atom. The maximum atomic E-state index is 13.0. The van der Waals surface area contributed by atoms with Crippen LogP contribution in [0.25, 0.3) is 11.0 Å². The van der Waals surface area contributed by atoms with Crippen molar-refractivity contribution in [2.45, 2.75) is 45.1 Å². The predicted octanol–water partition coefficient (Wildman–Crippen LogP) is 3.80. The number of fused-ring (bicyclic) bond motifs is 1. The number of imidazole rings is 1. The number of aromatic nitrogens is 2. The molecule has 1 aromatic heterocycles.